The molecular formula is C7H14N2O3. The lowest BCUT2D eigenvalue weighted by Gasteiger charge is -2.32. The Morgan fingerprint density at radius 3 is 1.92 bits per heavy atom. The number of rotatable bonds is 2. The molecule has 5 nitrogen and oxygen atoms in total. The summed E-state index contributed by atoms with van der Waals surface area (Å²) in [5.41, 5.74) is 4.44. The molecule has 0 heterocycles. The van der Waals surface area contributed by atoms with Gasteiger partial charge in [0.15, 0.2) is 0 Å². The standard InChI is InChI=1S/C7H14N2O3/c1-7(2,3)9(6(8)12)4-5(10)11/h4H2,1-3H3,(H2,8,12)(H,10,11). The molecule has 70 valence electrons. The molecule has 0 bridgehead atoms. The highest BCUT2D eigenvalue weighted by Gasteiger charge is 2.26. The van der Waals surface area contributed by atoms with Crippen LogP contribution in [-0.2, 0) is 4.79 Å². The van der Waals surface area contributed by atoms with Crippen LogP contribution in [0.1, 0.15) is 20.8 Å². The number of nitrogens with two attached hydrogens (primary N) is 1. The van der Waals surface area contributed by atoms with Crippen LogP contribution in [0.15, 0.2) is 0 Å². The summed E-state index contributed by atoms with van der Waals surface area (Å²) in [4.78, 5) is 22.2. The van der Waals surface area contributed by atoms with Crippen LogP contribution in [-0.4, -0.2) is 34.1 Å². The normalized spacial score (nSPS) is 10.9. The number of carbonyl (C=O) groups is 2. The second-order valence-corrected chi connectivity index (χ2v) is 3.49. The van der Waals surface area contributed by atoms with Crippen molar-refractivity contribution in [3.63, 3.8) is 0 Å². The van der Waals surface area contributed by atoms with Crippen molar-refractivity contribution in [2.75, 3.05) is 6.54 Å². The van der Waals surface area contributed by atoms with Crippen LogP contribution in [0.3, 0.4) is 0 Å². The average molecular weight is 174 g/mol. The van der Waals surface area contributed by atoms with E-state index in [1.54, 1.807) is 20.8 Å². The van der Waals surface area contributed by atoms with Gasteiger partial charge in [-0.25, -0.2) is 4.79 Å². The molecule has 0 saturated carbocycles. The SMILES string of the molecule is CC(C)(C)N(CC(=O)O)C(N)=O. The first-order valence-corrected chi connectivity index (χ1v) is 3.54. The quantitative estimate of drug-likeness (QED) is 0.629. The smallest absolute Gasteiger partial charge is 0.323 e. The zero-order chi connectivity index (χ0) is 9.94. The van der Waals surface area contributed by atoms with Gasteiger partial charge in [-0.1, -0.05) is 0 Å². The van der Waals surface area contributed by atoms with Gasteiger partial charge in [-0.3, -0.25) is 4.79 Å². The van der Waals surface area contributed by atoms with Crippen molar-refractivity contribution in [2.24, 2.45) is 5.73 Å². The minimum absolute atomic E-state index is 0.362. The number of hydrogen-bond donors (Lipinski definition) is 2. The summed E-state index contributed by atoms with van der Waals surface area (Å²) in [6, 6.07) is -0.718. The molecule has 0 aromatic heterocycles. The molecule has 0 atom stereocenters. The fraction of sp³-hybridized carbons (Fsp3) is 0.714. The summed E-state index contributed by atoms with van der Waals surface area (Å²) < 4.78 is 0. The van der Waals surface area contributed by atoms with Crippen LogP contribution in [0.2, 0.25) is 0 Å². The van der Waals surface area contributed by atoms with Crippen LogP contribution in [0.5, 0.6) is 0 Å². The van der Waals surface area contributed by atoms with Crippen molar-refractivity contribution in [3.8, 4) is 0 Å². The molecule has 0 aliphatic heterocycles. The number of aliphatic carboxylic acids is 1. The van der Waals surface area contributed by atoms with Crippen molar-refractivity contribution < 1.29 is 14.7 Å². The van der Waals surface area contributed by atoms with E-state index in [0.717, 1.165) is 4.90 Å². The molecule has 2 amide bonds. The topological polar surface area (TPSA) is 83.6 Å². The van der Waals surface area contributed by atoms with Crippen LogP contribution >= 0.6 is 0 Å². The predicted octanol–water partition coefficient (Wildman–Crippen LogP) is 0.250. The first-order chi connectivity index (χ1) is 5.25. The van der Waals surface area contributed by atoms with E-state index < -0.39 is 17.5 Å². The number of primary amides is 1. The van der Waals surface area contributed by atoms with Crippen LogP contribution < -0.4 is 5.73 Å². The Morgan fingerprint density at radius 2 is 1.83 bits per heavy atom. The van der Waals surface area contributed by atoms with Crippen molar-refractivity contribution in [3.05, 3.63) is 0 Å². The van der Waals surface area contributed by atoms with Crippen LogP contribution in [0, 0.1) is 0 Å². The van der Waals surface area contributed by atoms with E-state index in [4.69, 9.17) is 10.8 Å². The van der Waals surface area contributed by atoms with Gasteiger partial charge < -0.3 is 15.7 Å². The Labute approximate surface area is 71.1 Å². The molecule has 12 heavy (non-hydrogen) atoms. The minimum Gasteiger partial charge on any atom is -0.480 e. The summed E-state index contributed by atoms with van der Waals surface area (Å²) in [5, 5.41) is 8.45. The monoisotopic (exact) mass is 174 g/mol. The van der Waals surface area contributed by atoms with E-state index >= 15 is 0 Å². The van der Waals surface area contributed by atoms with E-state index in [2.05, 4.69) is 0 Å². The lowest BCUT2D eigenvalue weighted by Crippen LogP contribution is -2.50. The van der Waals surface area contributed by atoms with Crippen molar-refractivity contribution in [1.82, 2.24) is 4.90 Å². The van der Waals surface area contributed by atoms with Crippen molar-refractivity contribution >= 4 is 12.0 Å². The zero-order valence-electron chi connectivity index (χ0n) is 7.50. The maximum absolute atomic E-state index is 10.8. The lowest BCUT2D eigenvalue weighted by atomic mass is 10.1. The molecule has 0 saturated heterocycles. The number of nitrogens with zero attached hydrogens (tertiary/aromatic N) is 1. The third-order valence-corrected chi connectivity index (χ3v) is 1.37. The summed E-state index contributed by atoms with van der Waals surface area (Å²) in [6.45, 7) is 4.81. The van der Waals surface area contributed by atoms with Gasteiger partial charge in [-0.15, -0.1) is 0 Å². The van der Waals surface area contributed by atoms with Gasteiger partial charge in [0, 0.05) is 5.54 Å². The molecule has 0 spiro atoms. The van der Waals surface area contributed by atoms with Gasteiger partial charge in [0.1, 0.15) is 6.54 Å². The molecule has 0 rings (SSSR count). The Kier molecular flexibility index (Phi) is 3.06. The van der Waals surface area contributed by atoms with E-state index in [-0.39, 0.29) is 6.54 Å². The van der Waals surface area contributed by atoms with E-state index in [0.29, 0.717) is 0 Å². The summed E-state index contributed by atoms with van der Waals surface area (Å²) >= 11 is 0. The van der Waals surface area contributed by atoms with E-state index in [1.165, 1.54) is 0 Å². The maximum atomic E-state index is 10.8. The molecule has 0 fully saturated rings. The second-order valence-electron chi connectivity index (χ2n) is 3.49. The molecule has 0 aliphatic rings. The van der Waals surface area contributed by atoms with Gasteiger partial charge >= 0.3 is 12.0 Å². The lowest BCUT2D eigenvalue weighted by molar-refractivity contribution is -0.138. The molecule has 0 unspecified atom stereocenters. The molecule has 5 heteroatoms. The van der Waals surface area contributed by atoms with Gasteiger partial charge in [-0.05, 0) is 20.8 Å². The third kappa shape index (κ3) is 3.23. The molecule has 0 radical (unpaired) electrons. The molecular weight excluding hydrogens is 160 g/mol. The highest BCUT2D eigenvalue weighted by atomic mass is 16.4. The highest BCUT2D eigenvalue weighted by Crippen LogP contribution is 2.11. The molecule has 0 aliphatic carbocycles. The Bertz CT molecular complexity index is 195. The number of carbonyl (C=O) groups excluding carboxylic acids is 1. The summed E-state index contributed by atoms with van der Waals surface area (Å²) in [6.07, 6.45) is 0. The Hall–Kier alpha value is -1.26. The van der Waals surface area contributed by atoms with Crippen LogP contribution in [0.25, 0.3) is 0 Å². The number of urea groups is 1. The Morgan fingerprint density at radius 1 is 1.42 bits per heavy atom. The first-order valence-electron chi connectivity index (χ1n) is 3.54. The number of amides is 2. The fourth-order valence-corrected chi connectivity index (χ4v) is 0.781. The van der Waals surface area contributed by atoms with E-state index in [1.807, 2.05) is 0 Å². The average Bonchev–Trinajstić information content (AvgIpc) is 1.79. The molecule has 0 aromatic carbocycles. The number of carboxylic acids is 1. The molecule has 3 N–H and O–H groups in total. The predicted molar refractivity (Wildman–Crippen MR) is 43.7 cm³/mol. The fourth-order valence-electron chi connectivity index (χ4n) is 0.781. The van der Waals surface area contributed by atoms with Gasteiger partial charge in [0.05, 0.1) is 0 Å². The van der Waals surface area contributed by atoms with E-state index in [9.17, 15) is 9.59 Å². The second kappa shape index (κ2) is 3.42. The molecule has 0 aromatic rings. The number of carboxylic acid groups (broad SMARTS) is 1. The zero-order valence-corrected chi connectivity index (χ0v) is 7.50. The Balaban J connectivity index is 4.46. The first kappa shape index (κ1) is 10.7. The highest BCUT2D eigenvalue weighted by molar-refractivity contribution is 5.79. The van der Waals surface area contributed by atoms with Crippen molar-refractivity contribution in [1.29, 1.82) is 0 Å². The third-order valence-electron chi connectivity index (χ3n) is 1.37. The van der Waals surface area contributed by atoms with Gasteiger partial charge in [0.25, 0.3) is 0 Å². The van der Waals surface area contributed by atoms with Crippen LogP contribution in [0.4, 0.5) is 4.79 Å². The largest absolute Gasteiger partial charge is 0.480 e. The number of hydrogen-bond acceptors (Lipinski definition) is 2. The minimum atomic E-state index is -1.07. The maximum Gasteiger partial charge on any atom is 0.323 e. The van der Waals surface area contributed by atoms with Crippen molar-refractivity contribution in [2.45, 2.75) is 26.3 Å². The summed E-state index contributed by atoms with van der Waals surface area (Å²) in [5.74, 6) is -1.07. The summed E-state index contributed by atoms with van der Waals surface area (Å²) in [7, 11) is 0. The van der Waals surface area contributed by atoms with Gasteiger partial charge in [-0.2, -0.15) is 0 Å². The van der Waals surface area contributed by atoms with Gasteiger partial charge in [0.2, 0.25) is 0 Å².